The average Bonchev–Trinajstić information content (AvgIpc) is 2.82. The fraction of sp³-hybridized carbons (Fsp3) is 0.125. The van der Waals surface area contributed by atoms with Gasteiger partial charge in [-0.1, -0.05) is 30.3 Å². The topological polar surface area (TPSA) is 46.9 Å². The number of fused-ring (bicyclic) bond motifs is 1. The van der Waals surface area contributed by atoms with Crippen molar-refractivity contribution in [3.8, 4) is 0 Å². The van der Waals surface area contributed by atoms with Crippen LogP contribution in [0.2, 0.25) is 0 Å². The maximum atomic E-state index is 11.1. The highest BCUT2D eigenvalue weighted by Gasteiger charge is 2.05. The number of hydrogen-bond acceptors (Lipinski definition) is 2. The van der Waals surface area contributed by atoms with Crippen molar-refractivity contribution in [2.75, 3.05) is 5.32 Å². The molecule has 0 radical (unpaired) electrons. The third kappa shape index (κ3) is 2.54. The molecule has 4 nitrogen and oxygen atoms in total. The Morgan fingerprint density at radius 2 is 2.00 bits per heavy atom. The van der Waals surface area contributed by atoms with Crippen LogP contribution in [0.5, 0.6) is 0 Å². The molecule has 1 N–H and O–H groups in total. The summed E-state index contributed by atoms with van der Waals surface area (Å²) in [6.07, 6.45) is 1.83. The molecule has 1 aromatic heterocycles. The number of rotatable bonds is 3. The average molecular weight is 265 g/mol. The molecule has 0 unspecified atom stereocenters. The second-order valence-corrected chi connectivity index (χ2v) is 4.74. The smallest absolute Gasteiger partial charge is 0.221 e. The maximum Gasteiger partial charge on any atom is 0.221 e. The van der Waals surface area contributed by atoms with Crippen molar-refractivity contribution in [3.05, 3.63) is 60.4 Å². The van der Waals surface area contributed by atoms with E-state index in [2.05, 4.69) is 27.0 Å². The molecular weight excluding hydrogens is 250 g/mol. The largest absolute Gasteiger partial charge is 0.326 e. The highest BCUT2D eigenvalue weighted by atomic mass is 16.1. The minimum atomic E-state index is -0.0759. The van der Waals surface area contributed by atoms with Gasteiger partial charge in [-0.05, 0) is 23.8 Å². The number of imidazole rings is 1. The van der Waals surface area contributed by atoms with E-state index in [0.717, 1.165) is 23.3 Å². The van der Waals surface area contributed by atoms with Crippen molar-refractivity contribution in [1.29, 1.82) is 0 Å². The SMILES string of the molecule is CC(=O)Nc1ccc2c(c1)ncn2Cc1ccccc1. The summed E-state index contributed by atoms with van der Waals surface area (Å²) in [5.41, 5.74) is 3.95. The molecule has 0 aliphatic carbocycles. The van der Waals surface area contributed by atoms with Gasteiger partial charge in [-0.3, -0.25) is 4.79 Å². The first-order valence-corrected chi connectivity index (χ1v) is 6.49. The predicted molar refractivity (Wildman–Crippen MR) is 79.6 cm³/mol. The van der Waals surface area contributed by atoms with Gasteiger partial charge in [0.15, 0.2) is 0 Å². The van der Waals surface area contributed by atoms with Crippen LogP contribution in [0.25, 0.3) is 11.0 Å². The lowest BCUT2D eigenvalue weighted by atomic mass is 10.2. The minimum absolute atomic E-state index is 0.0759. The highest BCUT2D eigenvalue weighted by Crippen LogP contribution is 2.19. The summed E-state index contributed by atoms with van der Waals surface area (Å²) in [6.45, 7) is 2.29. The molecule has 2 aromatic carbocycles. The van der Waals surface area contributed by atoms with Crippen LogP contribution in [0, 0.1) is 0 Å². The quantitative estimate of drug-likeness (QED) is 0.791. The number of nitrogens with zero attached hydrogens (tertiary/aromatic N) is 2. The molecule has 1 amide bonds. The van der Waals surface area contributed by atoms with E-state index < -0.39 is 0 Å². The van der Waals surface area contributed by atoms with E-state index in [4.69, 9.17) is 0 Å². The Hall–Kier alpha value is -2.62. The zero-order valence-electron chi connectivity index (χ0n) is 11.2. The molecular formula is C16H15N3O. The molecule has 0 fully saturated rings. The van der Waals surface area contributed by atoms with Gasteiger partial charge in [-0.2, -0.15) is 0 Å². The fourth-order valence-corrected chi connectivity index (χ4v) is 2.25. The highest BCUT2D eigenvalue weighted by molar-refractivity contribution is 5.91. The Balaban J connectivity index is 1.92. The number of amides is 1. The maximum absolute atomic E-state index is 11.1. The Morgan fingerprint density at radius 3 is 2.75 bits per heavy atom. The molecule has 0 saturated heterocycles. The van der Waals surface area contributed by atoms with E-state index in [1.807, 2.05) is 42.7 Å². The van der Waals surface area contributed by atoms with Crippen molar-refractivity contribution in [2.45, 2.75) is 13.5 Å². The summed E-state index contributed by atoms with van der Waals surface area (Å²) in [7, 11) is 0. The molecule has 0 atom stereocenters. The van der Waals surface area contributed by atoms with Crippen molar-refractivity contribution in [3.63, 3.8) is 0 Å². The summed E-state index contributed by atoms with van der Waals surface area (Å²) >= 11 is 0. The van der Waals surface area contributed by atoms with Crippen LogP contribution < -0.4 is 5.32 Å². The van der Waals surface area contributed by atoms with Gasteiger partial charge in [0.25, 0.3) is 0 Å². The van der Waals surface area contributed by atoms with Crippen LogP contribution in [-0.4, -0.2) is 15.5 Å². The number of anilines is 1. The van der Waals surface area contributed by atoms with Crippen molar-refractivity contribution in [2.24, 2.45) is 0 Å². The zero-order chi connectivity index (χ0) is 13.9. The van der Waals surface area contributed by atoms with Crippen LogP contribution in [0.4, 0.5) is 5.69 Å². The second-order valence-electron chi connectivity index (χ2n) is 4.74. The molecule has 3 rings (SSSR count). The van der Waals surface area contributed by atoms with Gasteiger partial charge in [-0.15, -0.1) is 0 Å². The number of carbonyl (C=O) groups excluding carboxylic acids is 1. The Morgan fingerprint density at radius 1 is 1.20 bits per heavy atom. The molecule has 0 aliphatic rings. The van der Waals surface area contributed by atoms with E-state index in [1.54, 1.807) is 0 Å². The molecule has 1 heterocycles. The first kappa shape index (κ1) is 12.4. The van der Waals surface area contributed by atoms with Crippen molar-refractivity contribution < 1.29 is 4.79 Å². The van der Waals surface area contributed by atoms with E-state index in [0.29, 0.717) is 0 Å². The third-order valence-corrected chi connectivity index (χ3v) is 3.14. The van der Waals surface area contributed by atoms with E-state index in [1.165, 1.54) is 12.5 Å². The summed E-state index contributed by atoms with van der Waals surface area (Å²) in [5.74, 6) is -0.0759. The lowest BCUT2D eigenvalue weighted by Gasteiger charge is -2.05. The third-order valence-electron chi connectivity index (χ3n) is 3.14. The van der Waals surface area contributed by atoms with Crippen molar-refractivity contribution >= 4 is 22.6 Å². The number of benzene rings is 2. The zero-order valence-corrected chi connectivity index (χ0v) is 11.2. The van der Waals surface area contributed by atoms with E-state index in [9.17, 15) is 4.79 Å². The van der Waals surface area contributed by atoms with Crippen LogP contribution in [0.3, 0.4) is 0 Å². The second kappa shape index (κ2) is 5.17. The van der Waals surface area contributed by atoms with E-state index >= 15 is 0 Å². The molecule has 3 aromatic rings. The molecule has 100 valence electrons. The standard InChI is InChI=1S/C16H15N3O/c1-12(20)18-14-7-8-16-15(9-14)17-11-19(16)10-13-5-3-2-4-6-13/h2-9,11H,10H2,1H3,(H,18,20). The van der Waals surface area contributed by atoms with Crippen LogP contribution in [0.1, 0.15) is 12.5 Å². The van der Waals surface area contributed by atoms with E-state index in [-0.39, 0.29) is 5.91 Å². The Kier molecular flexibility index (Phi) is 3.21. The summed E-state index contributed by atoms with van der Waals surface area (Å²) < 4.78 is 2.10. The summed E-state index contributed by atoms with van der Waals surface area (Å²) in [6, 6.07) is 16.0. The van der Waals surface area contributed by atoms with Crippen molar-refractivity contribution in [1.82, 2.24) is 9.55 Å². The molecule has 0 saturated carbocycles. The number of carbonyl (C=O) groups is 1. The van der Waals surface area contributed by atoms with Gasteiger partial charge in [-0.25, -0.2) is 4.98 Å². The van der Waals surface area contributed by atoms with Crippen LogP contribution >= 0.6 is 0 Å². The fourth-order valence-electron chi connectivity index (χ4n) is 2.25. The Labute approximate surface area is 117 Å². The minimum Gasteiger partial charge on any atom is -0.326 e. The van der Waals surface area contributed by atoms with Gasteiger partial charge >= 0.3 is 0 Å². The lowest BCUT2D eigenvalue weighted by molar-refractivity contribution is -0.114. The van der Waals surface area contributed by atoms with Crippen LogP contribution in [0.15, 0.2) is 54.9 Å². The van der Waals surface area contributed by atoms with Gasteiger partial charge in [0.05, 0.1) is 17.4 Å². The van der Waals surface area contributed by atoms with Gasteiger partial charge < -0.3 is 9.88 Å². The molecule has 4 heteroatoms. The molecule has 0 aliphatic heterocycles. The first-order valence-electron chi connectivity index (χ1n) is 6.49. The predicted octanol–water partition coefficient (Wildman–Crippen LogP) is 3.04. The molecule has 20 heavy (non-hydrogen) atoms. The lowest BCUT2D eigenvalue weighted by Crippen LogP contribution is -2.05. The number of nitrogens with one attached hydrogen (secondary N) is 1. The van der Waals surface area contributed by atoms with Gasteiger partial charge in [0, 0.05) is 19.2 Å². The monoisotopic (exact) mass is 265 g/mol. The summed E-state index contributed by atoms with van der Waals surface area (Å²) in [5, 5.41) is 2.77. The molecule has 0 bridgehead atoms. The normalized spacial score (nSPS) is 10.7. The number of hydrogen-bond donors (Lipinski definition) is 1. The Bertz CT molecular complexity index is 747. The first-order chi connectivity index (χ1) is 9.72. The van der Waals surface area contributed by atoms with Gasteiger partial charge in [0.2, 0.25) is 5.91 Å². The molecule has 0 spiro atoms. The number of aromatic nitrogens is 2. The van der Waals surface area contributed by atoms with Gasteiger partial charge in [0.1, 0.15) is 0 Å². The summed E-state index contributed by atoms with van der Waals surface area (Å²) in [4.78, 5) is 15.5. The van der Waals surface area contributed by atoms with Crippen LogP contribution in [-0.2, 0) is 11.3 Å².